The third kappa shape index (κ3) is 5.99. The van der Waals surface area contributed by atoms with Crippen LogP contribution >= 0.6 is 22.6 Å². The summed E-state index contributed by atoms with van der Waals surface area (Å²) in [5, 5.41) is 3.31. The fourth-order valence-electron chi connectivity index (χ4n) is 4.28. The second-order valence-corrected chi connectivity index (χ2v) is 10.2. The molecule has 0 aliphatic rings. The fourth-order valence-corrected chi connectivity index (χ4v) is 4.71. The van der Waals surface area contributed by atoms with Gasteiger partial charge >= 0.3 is 5.97 Å². The standard InChI is InChI=1S/C30H25FIN5O4/c1-3-40-25(38)16-37-15-20(18-6-4-17(2)5-7-18)28(39)26-22(37)10-12-35-30(26)36-19-8-9-23(21(31)14-19)41-24-11-13-34-29(33)27(24)32/h4-15H,3,16H2,1-2H3,(H2,33,34)(H,35,36). The summed E-state index contributed by atoms with van der Waals surface area (Å²) in [6, 6.07) is 15.1. The number of rotatable bonds is 8. The van der Waals surface area contributed by atoms with Crippen LogP contribution < -0.4 is 21.2 Å². The number of nitrogens with two attached hydrogens (primary N) is 1. The first kappa shape index (κ1) is 28.0. The van der Waals surface area contributed by atoms with E-state index in [0.29, 0.717) is 31.7 Å². The van der Waals surface area contributed by atoms with E-state index in [1.54, 1.807) is 35.9 Å². The number of benzene rings is 2. The Morgan fingerprint density at radius 1 is 1.07 bits per heavy atom. The number of hydrogen-bond acceptors (Lipinski definition) is 8. The summed E-state index contributed by atoms with van der Waals surface area (Å²) >= 11 is 1.98. The third-order valence-corrected chi connectivity index (χ3v) is 7.34. The second kappa shape index (κ2) is 11.9. The van der Waals surface area contributed by atoms with Gasteiger partial charge in [-0.25, -0.2) is 14.4 Å². The minimum atomic E-state index is -0.638. The van der Waals surface area contributed by atoms with Gasteiger partial charge in [-0.3, -0.25) is 9.59 Å². The van der Waals surface area contributed by atoms with E-state index in [4.69, 9.17) is 15.2 Å². The Morgan fingerprint density at radius 2 is 1.83 bits per heavy atom. The largest absolute Gasteiger partial charge is 0.465 e. The molecule has 2 aromatic carbocycles. The first-order chi connectivity index (χ1) is 19.7. The normalized spacial score (nSPS) is 10.9. The smallest absolute Gasteiger partial charge is 0.325 e. The molecule has 0 radical (unpaired) electrons. The van der Waals surface area contributed by atoms with Gasteiger partial charge in [0.2, 0.25) is 5.43 Å². The van der Waals surface area contributed by atoms with Gasteiger partial charge < -0.3 is 25.1 Å². The minimum Gasteiger partial charge on any atom is -0.465 e. The van der Waals surface area contributed by atoms with Crippen LogP contribution in [0.4, 0.5) is 21.7 Å². The van der Waals surface area contributed by atoms with Crippen molar-refractivity contribution < 1.29 is 18.7 Å². The molecule has 0 spiro atoms. The van der Waals surface area contributed by atoms with Crippen molar-refractivity contribution >= 4 is 56.8 Å². The molecule has 5 rings (SSSR count). The van der Waals surface area contributed by atoms with Crippen molar-refractivity contribution in [1.29, 1.82) is 0 Å². The molecule has 0 aliphatic carbocycles. The fraction of sp³-hybridized carbons (Fsp3) is 0.133. The molecule has 11 heteroatoms. The van der Waals surface area contributed by atoms with Crippen LogP contribution in [0.2, 0.25) is 0 Å². The van der Waals surface area contributed by atoms with Crippen molar-refractivity contribution in [1.82, 2.24) is 14.5 Å². The van der Waals surface area contributed by atoms with Crippen molar-refractivity contribution in [3.8, 4) is 22.6 Å². The van der Waals surface area contributed by atoms with Crippen molar-refractivity contribution in [2.75, 3.05) is 17.7 Å². The lowest BCUT2D eigenvalue weighted by atomic mass is 10.0. The lowest BCUT2D eigenvalue weighted by Gasteiger charge is -2.16. The van der Waals surface area contributed by atoms with E-state index in [9.17, 15) is 9.59 Å². The predicted molar refractivity (Wildman–Crippen MR) is 164 cm³/mol. The Morgan fingerprint density at radius 3 is 2.56 bits per heavy atom. The van der Waals surface area contributed by atoms with E-state index < -0.39 is 11.8 Å². The van der Waals surface area contributed by atoms with E-state index in [1.165, 1.54) is 24.5 Å². The molecular weight excluding hydrogens is 640 g/mol. The number of hydrogen-bond donors (Lipinski definition) is 2. The second-order valence-electron chi connectivity index (χ2n) is 9.11. The molecule has 5 aromatic rings. The van der Waals surface area contributed by atoms with Crippen LogP contribution in [0.25, 0.3) is 22.0 Å². The number of ether oxygens (including phenoxy) is 2. The first-order valence-corrected chi connectivity index (χ1v) is 13.7. The van der Waals surface area contributed by atoms with Crippen molar-refractivity contribution in [2.45, 2.75) is 20.4 Å². The molecule has 3 heterocycles. The van der Waals surface area contributed by atoms with Crippen LogP contribution in [0.3, 0.4) is 0 Å². The monoisotopic (exact) mass is 665 g/mol. The third-order valence-electron chi connectivity index (χ3n) is 6.26. The molecule has 0 fully saturated rings. The van der Waals surface area contributed by atoms with E-state index in [-0.39, 0.29) is 41.4 Å². The van der Waals surface area contributed by atoms with E-state index in [0.717, 1.165) is 5.56 Å². The number of esters is 1. The Kier molecular flexibility index (Phi) is 8.15. The molecule has 3 N–H and O–H groups in total. The molecule has 3 aromatic heterocycles. The summed E-state index contributed by atoms with van der Waals surface area (Å²) in [5.41, 5.74) is 8.47. The van der Waals surface area contributed by atoms with Gasteiger partial charge in [0.15, 0.2) is 11.6 Å². The van der Waals surface area contributed by atoms with Gasteiger partial charge in [-0.2, -0.15) is 0 Å². The number of halogens is 2. The van der Waals surface area contributed by atoms with Crippen molar-refractivity contribution in [3.63, 3.8) is 0 Å². The Hall–Kier alpha value is -4.52. The molecular formula is C30H25FIN5O4. The van der Waals surface area contributed by atoms with Gasteiger partial charge in [0.25, 0.3) is 0 Å². The first-order valence-electron chi connectivity index (χ1n) is 12.6. The summed E-state index contributed by atoms with van der Waals surface area (Å²) in [6.45, 7) is 3.81. The van der Waals surface area contributed by atoms with Gasteiger partial charge in [-0.1, -0.05) is 29.8 Å². The molecule has 0 aliphatic heterocycles. The van der Waals surface area contributed by atoms with Gasteiger partial charge in [-0.05, 0) is 60.2 Å². The van der Waals surface area contributed by atoms with Crippen LogP contribution in [0, 0.1) is 16.3 Å². The van der Waals surface area contributed by atoms with Crippen LogP contribution in [0.5, 0.6) is 11.5 Å². The maximum absolute atomic E-state index is 15.1. The molecule has 41 heavy (non-hydrogen) atoms. The molecule has 0 atom stereocenters. The van der Waals surface area contributed by atoms with E-state index in [1.807, 2.05) is 53.8 Å². The number of nitrogens with one attached hydrogen (secondary N) is 1. The topological polar surface area (TPSA) is 121 Å². The van der Waals surface area contributed by atoms with Gasteiger partial charge in [0.1, 0.15) is 23.9 Å². The van der Waals surface area contributed by atoms with Crippen LogP contribution in [-0.2, 0) is 16.1 Å². The van der Waals surface area contributed by atoms with Crippen LogP contribution in [-0.4, -0.2) is 27.1 Å². The lowest BCUT2D eigenvalue weighted by molar-refractivity contribution is -0.143. The highest BCUT2D eigenvalue weighted by molar-refractivity contribution is 14.1. The van der Waals surface area contributed by atoms with Gasteiger partial charge in [0, 0.05) is 42.0 Å². The number of fused-ring (bicyclic) bond motifs is 1. The molecule has 0 amide bonds. The zero-order valence-corrected chi connectivity index (χ0v) is 24.3. The van der Waals surface area contributed by atoms with Crippen LogP contribution in [0.15, 0.2) is 78.0 Å². The number of carbonyl (C=O) groups excluding carboxylic acids is 1. The minimum absolute atomic E-state index is 0.0107. The molecule has 0 bridgehead atoms. The van der Waals surface area contributed by atoms with E-state index >= 15 is 4.39 Å². The summed E-state index contributed by atoms with van der Waals surface area (Å²) in [5.74, 6) is -0.225. The average molecular weight is 665 g/mol. The van der Waals surface area contributed by atoms with Gasteiger partial charge in [-0.15, -0.1) is 0 Å². The van der Waals surface area contributed by atoms with E-state index in [2.05, 4.69) is 15.3 Å². The number of aryl methyl sites for hydroxylation is 1. The summed E-state index contributed by atoms with van der Waals surface area (Å²) < 4.78 is 28.2. The van der Waals surface area contributed by atoms with Crippen LogP contribution in [0.1, 0.15) is 12.5 Å². The average Bonchev–Trinajstić information content (AvgIpc) is 2.95. The summed E-state index contributed by atoms with van der Waals surface area (Å²) in [7, 11) is 0. The zero-order chi connectivity index (χ0) is 29.1. The SMILES string of the molecule is CCOC(=O)Cn1cc(-c2ccc(C)cc2)c(=O)c2c(Nc3ccc(Oc4ccnc(N)c4I)c(F)c3)nccc21. The zero-order valence-electron chi connectivity index (χ0n) is 22.2. The lowest BCUT2D eigenvalue weighted by Crippen LogP contribution is -2.19. The van der Waals surface area contributed by atoms with Crippen molar-refractivity contribution in [2.24, 2.45) is 0 Å². The summed E-state index contributed by atoms with van der Waals surface area (Å²) in [6.07, 6.45) is 4.64. The molecule has 0 saturated heterocycles. The van der Waals surface area contributed by atoms with Crippen molar-refractivity contribution in [3.05, 3.63) is 98.4 Å². The molecule has 0 unspecified atom stereocenters. The summed E-state index contributed by atoms with van der Waals surface area (Å²) in [4.78, 5) is 34.7. The Bertz CT molecular complexity index is 1830. The Labute approximate surface area is 248 Å². The molecule has 208 valence electrons. The number of aromatic nitrogens is 3. The highest BCUT2D eigenvalue weighted by Gasteiger charge is 2.18. The number of pyridine rings is 3. The molecule has 0 saturated carbocycles. The van der Waals surface area contributed by atoms with Gasteiger partial charge in [0.05, 0.1) is 21.1 Å². The number of anilines is 3. The predicted octanol–water partition coefficient (Wildman–Crippen LogP) is 6.19. The molecule has 9 nitrogen and oxygen atoms in total. The Balaban J connectivity index is 1.56. The maximum atomic E-state index is 15.1. The highest BCUT2D eigenvalue weighted by atomic mass is 127. The number of nitrogens with zero attached hydrogens (tertiary/aromatic N) is 3. The number of carbonyl (C=O) groups is 1. The highest BCUT2D eigenvalue weighted by Crippen LogP contribution is 2.33. The number of nitrogen functional groups attached to an aromatic ring is 1. The quantitative estimate of drug-likeness (QED) is 0.149. The maximum Gasteiger partial charge on any atom is 0.325 e.